The maximum Gasteiger partial charge on any atom is 0.296 e. The lowest BCUT2D eigenvalue weighted by molar-refractivity contribution is 0.514. The van der Waals surface area contributed by atoms with E-state index in [1.807, 2.05) is 37.3 Å². The zero-order valence-electron chi connectivity index (χ0n) is 11.8. The molecule has 0 saturated carbocycles. The molecule has 4 rings (SSSR count). The first kappa shape index (κ1) is 12.9. The van der Waals surface area contributed by atoms with Gasteiger partial charge in [0.15, 0.2) is 5.58 Å². The van der Waals surface area contributed by atoms with E-state index in [0.717, 1.165) is 16.7 Å². The quantitative estimate of drug-likeness (QED) is 0.585. The van der Waals surface area contributed by atoms with Crippen LogP contribution in [0.2, 0.25) is 0 Å². The topological polar surface area (TPSA) is 51.2 Å². The van der Waals surface area contributed by atoms with Crippen molar-refractivity contribution in [3.63, 3.8) is 0 Å². The highest BCUT2D eigenvalue weighted by Gasteiger charge is 2.14. The number of furan rings is 1. The number of oxazole rings is 1. The van der Waals surface area contributed by atoms with Crippen LogP contribution in [-0.2, 0) is 0 Å². The third kappa shape index (κ3) is 2.20. The predicted octanol–water partition coefficient (Wildman–Crippen LogP) is 4.89. The molecule has 2 aromatic heterocycles. The van der Waals surface area contributed by atoms with E-state index in [0.29, 0.717) is 17.1 Å². The molecule has 0 spiro atoms. The molecule has 4 aromatic rings. The molecule has 4 nitrogen and oxygen atoms in total. The maximum absolute atomic E-state index is 13.2. The minimum atomic E-state index is -0.335. The van der Waals surface area contributed by atoms with E-state index in [9.17, 15) is 4.39 Å². The fourth-order valence-electron chi connectivity index (χ4n) is 2.43. The van der Waals surface area contributed by atoms with Crippen LogP contribution in [0.25, 0.3) is 22.1 Å². The van der Waals surface area contributed by atoms with Gasteiger partial charge in [0.2, 0.25) is 0 Å². The molecule has 2 aromatic carbocycles. The first-order valence-corrected chi connectivity index (χ1v) is 7.00. The van der Waals surface area contributed by atoms with Crippen LogP contribution in [0.3, 0.4) is 0 Å². The summed E-state index contributed by atoms with van der Waals surface area (Å²) in [5.74, 6) is 0.451. The van der Waals surface area contributed by atoms with E-state index in [4.69, 9.17) is 8.83 Å². The Hall–Kier alpha value is -2.82. The average molecular weight is 296 g/mol. The Morgan fingerprint density at radius 3 is 2.77 bits per heavy atom. The van der Waals surface area contributed by atoms with Crippen LogP contribution >= 0.6 is 0 Å². The van der Waals surface area contributed by atoms with Crippen molar-refractivity contribution in [3.8, 4) is 0 Å². The number of hydrogen-bond donors (Lipinski definition) is 1. The molecule has 0 unspecified atom stereocenters. The summed E-state index contributed by atoms with van der Waals surface area (Å²) in [5, 5.41) is 4.18. The summed E-state index contributed by atoms with van der Waals surface area (Å²) in [4.78, 5) is 4.23. The molecular weight excluding hydrogens is 283 g/mol. The highest BCUT2D eigenvalue weighted by Crippen LogP contribution is 2.27. The second-order valence-electron chi connectivity index (χ2n) is 5.18. The molecule has 110 valence electrons. The number of rotatable bonds is 3. The van der Waals surface area contributed by atoms with Crippen molar-refractivity contribution in [2.45, 2.75) is 13.0 Å². The normalized spacial score (nSPS) is 12.8. The number of nitrogens with one attached hydrogen (secondary N) is 1. The lowest BCUT2D eigenvalue weighted by Crippen LogP contribution is -2.05. The second-order valence-corrected chi connectivity index (χ2v) is 5.18. The molecular formula is C17H13FN2O2. The number of para-hydroxylation sites is 1. The molecule has 0 aliphatic heterocycles. The van der Waals surface area contributed by atoms with Gasteiger partial charge in [-0.1, -0.05) is 18.2 Å². The summed E-state index contributed by atoms with van der Waals surface area (Å²) in [6, 6.07) is 14.3. The Bertz CT molecular complexity index is 925. The first-order valence-electron chi connectivity index (χ1n) is 7.00. The second kappa shape index (κ2) is 4.87. The lowest BCUT2D eigenvalue weighted by Gasteiger charge is -2.08. The van der Waals surface area contributed by atoms with Crippen LogP contribution in [0.4, 0.5) is 10.4 Å². The summed E-state index contributed by atoms with van der Waals surface area (Å²) < 4.78 is 24.5. The van der Waals surface area contributed by atoms with Gasteiger partial charge in [-0.3, -0.25) is 0 Å². The van der Waals surface area contributed by atoms with Gasteiger partial charge in [-0.05, 0) is 31.2 Å². The molecule has 2 heterocycles. The summed E-state index contributed by atoms with van der Waals surface area (Å²) in [7, 11) is 0. The third-order valence-corrected chi connectivity index (χ3v) is 3.56. The SMILES string of the molecule is C[C@@H](Nc1nc2cc(F)ccc2o1)c1cc2ccccc2o1. The largest absolute Gasteiger partial charge is 0.459 e. The lowest BCUT2D eigenvalue weighted by atomic mass is 10.2. The molecule has 5 heteroatoms. The Morgan fingerprint density at radius 1 is 1.05 bits per heavy atom. The van der Waals surface area contributed by atoms with E-state index >= 15 is 0 Å². The zero-order valence-corrected chi connectivity index (χ0v) is 11.8. The van der Waals surface area contributed by atoms with Gasteiger partial charge in [0, 0.05) is 11.5 Å². The highest BCUT2D eigenvalue weighted by atomic mass is 19.1. The Labute approximate surface area is 125 Å². The Balaban J connectivity index is 1.63. The van der Waals surface area contributed by atoms with Gasteiger partial charge in [0.1, 0.15) is 22.7 Å². The van der Waals surface area contributed by atoms with E-state index in [1.54, 1.807) is 6.07 Å². The zero-order chi connectivity index (χ0) is 15.1. The van der Waals surface area contributed by atoms with E-state index in [-0.39, 0.29) is 11.9 Å². The monoisotopic (exact) mass is 296 g/mol. The highest BCUT2D eigenvalue weighted by molar-refractivity contribution is 5.78. The van der Waals surface area contributed by atoms with Gasteiger partial charge in [-0.15, -0.1) is 0 Å². The molecule has 1 atom stereocenters. The number of fused-ring (bicyclic) bond motifs is 2. The summed E-state index contributed by atoms with van der Waals surface area (Å²) in [6.45, 7) is 1.95. The van der Waals surface area contributed by atoms with Gasteiger partial charge in [-0.25, -0.2) is 4.39 Å². The molecule has 0 bridgehead atoms. The minimum Gasteiger partial charge on any atom is -0.459 e. The number of nitrogens with zero attached hydrogens (tertiary/aromatic N) is 1. The Morgan fingerprint density at radius 2 is 1.91 bits per heavy atom. The van der Waals surface area contributed by atoms with Gasteiger partial charge in [0.05, 0.1) is 6.04 Å². The first-order chi connectivity index (χ1) is 10.7. The average Bonchev–Trinajstić information content (AvgIpc) is 3.09. The summed E-state index contributed by atoms with van der Waals surface area (Å²) in [6.07, 6.45) is 0. The predicted molar refractivity (Wildman–Crippen MR) is 82.2 cm³/mol. The third-order valence-electron chi connectivity index (χ3n) is 3.56. The van der Waals surface area contributed by atoms with Crippen molar-refractivity contribution in [1.82, 2.24) is 4.98 Å². The van der Waals surface area contributed by atoms with Gasteiger partial charge in [0.25, 0.3) is 6.01 Å². The van der Waals surface area contributed by atoms with Crippen molar-refractivity contribution >= 4 is 28.1 Å². The fourth-order valence-corrected chi connectivity index (χ4v) is 2.43. The fraction of sp³-hybridized carbons (Fsp3) is 0.118. The number of hydrogen-bond acceptors (Lipinski definition) is 4. The minimum absolute atomic E-state index is 0.120. The van der Waals surface area contributed by atoms with Crippen LogP contribution in [0.1, 0.15) is 18.7 Å². The number of anilines is 1. The van der Waals surface area contributed by atoms with Gasteiger partial charge in [-0.2, -0.15) is 4.98 Å². The van der Waals surface area contributed by atoms with E-state index < -0.39 is 0 Å². The van der Waals surface area contributed by atoms with Gasteiger partial charge < -0.3 is 14.2 Å². The van der Waals surface area contributed by atoms with Crippen LogP contribution in [0, 0.1) is 5.82 Å². The maximum atomic E-state index is 13.2. The molecule has 22 heavy (non-hydrogen) atoms. The van der Waals surface area contributed by atoms with E-state index in [1.165, 1.54) is 12.1 Å². The van der Waals surface area contributed by atoms with Crippen molar-refractivity contribution in [1.29, 1.82) is 0 Å². The molecule has 0 radical (unpaired) electrons. The molecule has 1 N–H and O–H groups in total. The van der Waals surface area contributed by atoms with Crippen LogP contribution < -0.4 is 5.32 Å². The van der Waals surface area contributed by atoms with Crippen molar-refractivity contribution in [3.05, 3.63) is 60.1 Å². The standard InChI is InChI=1S/C17H13FN2O2/c1-10(16-8-11-4-2-3-5-14(11)21-16)19-17-20-13-9-12(18)6-7-15(13)22-17/h2-10H,1H3,(H,19,20)/t10-/m1/s1. The number of benzene rings is 2. The molecule has 0 aliphatic rings. The smallest absolute Gasteiger partial charge is 0.296 e. The number of halogens is 1. The number of aromatic nitrogens is 1. The molecule has 0 amide bonds. The molecule has 0 fully saturated rings. The summed E-state index contributed by atoms with van der Waals surface area (Å²) in [5.41, 5.74) is 1.87. The van der Waals surface area contributed by atoms with Crippen molar-refractivity contribution < 1.29 is 13.2 Å². The van der Waals surface area contributed by atoms with Crippen LogP contribution in [0.15, 0.2) is 57.4 Å². The van der Waals surface area contributed by atoms with Crippen molar-refractivity contribution in [2.24, 2.45) is 0 Å². The molecule has 0 aliphatic carbocycles. The Kier molecular flexibility index (Phi) is 2.85. The summed E-state index contributed by atoms with van der Waals surface area (Å²) >= 11 is 0. The molecule has 0 saturated heterocycles. The van der Waals surface area contributed by atoms with Gasteiger partial charge >= 0.3 is 0 Å². The van der Waals surface area contributed by atoms with Crippen LogP contribution in [-0.4, -0.2) is 4.98 Å². The van der Waals surface area contributed by atoms with E-state index in [2.05, 4.69) is 10.3 Å². The van der Waals surface area contributed by atoms with Crippen molar-refractivity contribution in [2.75, 3.05) is 5.32 Å². The van der Waals surface area contributed by atoms with Crippen LogP contribution in [0.5, 0.6) is 0 Å².